The lowest BCUT2D eigenvalue weighted by Crippen LogP contribution is -2.44. The van der Waals surface area contributed by atoms with E-state index in [4.69, 9.17) is 9.29 Å². The van der Waals surface area contributed by atoms with Crippen LogP contribution in [0.5, 0.6) is 11.5 Å². The molecule has 1 saturated heterocycles. The number of likely N-dealkylation sites (tertiary alicyclic amines) is 1. The maximum absolute atomic E-state index is 12.4. The fraction of sp³-hybridized carbons (Fsp3) is 0.519. The molecule has 1 heterocycles. The fourth-order valence-electron chi connectivity index (χ4n) is 5.10. The summed E-state index contributed by atoms with van der Waals surface area (Å²) in [5.74, 6) is 1.71. The second-order valence-electron chi connectivity index (χ2n) is 9.94. The van der Waals surface area contributed by atoms with Crippen molar-refractivity contribution in [3.8, 4) is 11.5 Å². The van der Waals surface area contributed by atoms with Crippen molar-refractivity contribution in [3.63, 3.8) is 0 Å². The molecule has 4 rings (SSSR count). The number of hydrogen-bond acceptors (Lipinski definition) is 5. The Kier molecular flexibility index (Phi) is 10.6. The van der Waals surface area contributed by atoms with Gasteiger partial charge in [-0.1, -0.05) is 43.5 Å². The van der Waals surface area contributed by atoms with E-state index in [0.29, 0.717) is 35.4 Å². The van der Waals surface area contributed by atoms with Gasteiger partial charge in [0, 0.05) is 32.1 Å². The number of rotatable bonds is 9. The molecule has 1 aliphatic carbocycles. The lowest BCUT2D eigenvalue weighted by atomic mass is 9.86. The summed E-state index contributed by atoms with van der Waals surface area (Å²) in [4.78, 5) is 14.8. The van der Waals surface area contributed by atoms with Gasteiger partial charge in [-0.3, -0.25) is 14.2 Å². The molecule has 198 valence electrons. The van der Waals surface area contributed by atoms with Crippen LogP contribution in [0.4, 0.5) is 0 Å². The Morgan fingerprint density at radius 2 is 1.44 bits per heavy atom. The average molecular weight is 537 g/mol. The van der Waals surface area contributed by atoms with Crippen molar-refractivity contribution < 1.29 is 22.5 Å². The van der Waals surface area contributed by atoms with Gasteiger partial charge in [-0.05, 0) is 67.0 Å². The highest BCUT2D eigenvalue weighted by Crippen LogP contribution is 2.27. The molecule has 1 saturated carbocycles. The summed E-state index contributed by atoms with van der Waals surface area (Å²) < 4.78 is 36.8. The fourth-order valence-corrected chi connectivity index (χ4v) is 5.71. The van der Waals surface area contributed by atoms with Crippen molar-refractivity contribution in [1.29, 1.82) is 0 Å². The number of hydrogen-bond donors (Lipinski definition) is 2. The molecule has 0 unspecified atom stereocenters. The summed E-state index contributed by atoms with van der Waals surface area (Å²) in [6.07, 6.45) is 8.96. The molecule has 1 aliphatic heterocycles. The predicted molar refractivity (Wildman–Crippen MR) is 143 cm³/mol. The largest absolute Gasteiger partial charge is 0.457 e. The molecule has 0 aromatic heterocycles. The van der Waals surface area contributed by atoms with Crippen molar-refractivity contribution in [2.45, 2.75) is 69.7 Å². The number of piperidine rings is 1. The average Bonchev–Trinajstić information content (AvgIpc) is 2.82. The number of amides is 1. The van der Waals surface area contributed by atoms with E-state index >= 15 is 0 Å². The van der Waals surface area contributed by atoms with Crippen LogP contribution in [0.15, 0.2) is 48.5 Å². The highest BCUT2D eigenvalue weighted by atomic mass is 35.5. The predicted octanol–water partition coefficient (Wildman–Crippen LogP) is 5.34. The molecule has 1 amide bonds. The Morgan fingerprint density at radius 1 is 0.889 bits per heavy atom. The van der Waals surface area contributed by atoms with E-state index in [0.717, 1.165) is 32.5 Å². The van der Waals surface area contributed by atoms with E-state index in [1.165, 1.54) is 37.7 Å². The van der Waals surface area contributed by atoms with E-state index < -0.39 is 15.9 Å². The third kappa shape index (κ3) is 9.39. The second kappa shape index (κ2) is 13.4. The summed E-state index contributed by atoms with van der Waals surface area (Å²) in [6.45, 7) is 2.82. The first-order valence-corrected chi connectivity index (χ1v) is 14.3. The van der Waals surface area contributed by atoms with Crippen molar-refractivity contribution in [2.75, 3.05) is 13.1 Å². The Hall–Kier alpha value is -2.13. The van der Waals surface area contributed by atoms with E-state index in [1.54, 1.807) is 24.3 Å². The highest BCUT2D eigenvalue weighted by Gasteiger charge is 2.23. The van der Waals surface area contributed by atoms with Gasteiger partial charge in [0.25, 0.3) is 10.1 Å². The van der Waals surface area contributed by atoms with Gasteiger partial charge in [0.05, 0.1) is 0 Å². The number of carbonyl (C=O) groups is 1. The van der Waals surface area contributed by atoms with Crippen LogP contribution in [0.25, 0.3) is 0 Å². The van der Waals surface area contributed by atoms with Crippen molar-refractivity contribution in [2.24, 2.45) is 5.92 Å². The molecular formula is C27H37ClN2O5S. The van der Waals surface area contributed by atoms with Gasteiger partial charge >= 0.3 is 0 Å². The first kappa shape index (κ1) is 28.4. The van der Waals surface area contributed by atoms with E-state index in [2.05, 4.69) is 22.3 Å². The molecule has 2 aromatic rings. The first-order chi connectivity index (χ1) is 16.8. The molecule has 0 spiro atoms. The molecule has 2 N–H and O–H groups in total. The van der Waals surface area contributed by atoms with E-state index in [9.17, 15) is 13.2 Å². The number of benzene rings is 2. The van der Waals surface area contributed by atoms with Crippen LogP contribution in [-0.4, -0.2) is 42.9 Å². The van der Waals surface area contributed by atoms with Gasteiger partial charge in [0.2, 0.25) is 5.91 Å². The van der Waals surface area contributed by atoms with Crippen LogP contribution >= 0.6 is 12.4 Å². The summed E-state index contributed by atoms with van der Waals surface area (Å²) in [5.41, 5.74) is 1.71. The zero-order valence-corrected chi connectivity index (χ0v) is 22.2. The summed E-state index contributed by atoms with van der Waals surface area (Å²) in [6, 6.07) is 14.9. The van der Waals surface area contributed by atoms with Gasteiger partial charge in [-0.15, -0.1) is 12.4 Å². The second-order valence-corrected chi connectivity index (χ2v) is 11.4. The maximum atomic E-state index is 12.4. The zero-order chi connectivity index (χ0) is 24.7. The molecule has 7 nitrogen and oxygen atoms in total. The van der Waals surface area contributed by atoms with Crippen LogP contribution in [0.3, 0.4) is 0 Å². The van der Waals surface area contributed by atoms with Crippen molar-refractivity contribution in [3.05, 3.63) is 59.7 Å². The summed E-state index contributed by atoms with van der Waals surface area (Å²) in [7, 11) is -4.04. The minimum absolute atomic E-state index is 0. The van der Waals surface area contributed by atoms with Crippen LogP contribution in [0.1, 0.15) is 62.5 Å². The monoisotopic (exact) mass is 536 g/mol. The van der Waals surface area contributed by atoms with Crippen molar-refractivity contribution >= 4 is 28.4 Å². The zero-order valence-electron chi connectivity index (χ0n) is 20.6. The normalized spacial score (nSPS) is 17.8. The van der Waals surface area contributed by atoms with Crippen LogP contribution in [-0.2, 0) is 27.2 Å². The number of halogens is 1. The third-order valence-electron chi connectivity index (χ3n) is 6.99. The Balaban J connectivity index is 0.00000361. The standard InChI is InChI=1S/C27H36N2O5S.ClH/c30-27(18-21-4-2-1-3-5-21)28-24-14-16-29(17-15-24)19-22-6-10-25(11-7-22)34-26-12-8-23(9-13-26)20-35(31,32)33;/h6-13,21,24H,1-5,14-20H2,(H,28,30)(H,31,32,33);1H. The molecule has 0 atom stereocenters. The summed E-state index contributed by atoms with van der Waals surface area (Å²) in [5, 5.41) is 3.27. The van der Waals surface area contributed by atoms with Crippen LogP contribution < -0.4 is 10.1 Å². The quantitative estimate of drug-likeness (QED) is 0.420. The topological polar surface area (TPSA) is 95.9 Å². The number of nitrogens with zero attached hydrogens (tertiary/aromatic N) is 1. The highest BCUT2D eigenvalue weighted by molar-refractivity contribution is 7.85. The number of nitrogens with one attached hydrogen (secondary N) is 1. The van der Waals surface area contributed by atoms with Gasteiger partial charge in [0.1, 0.15) is 17.3 Å². The van der Waals surface area contributed by atoms with Crippen molar-refractivity contribution in [1.82, 2.24) is 10.2 Å². The minimum atomic E-state index is -4.04. The third-order valence-corrected chi connectivity index (χ3v) is 7.69. The lowest BCUT2D eigenvalue weighted by molar-refractivity contribution is -0.123. The molecule has 9 heteroatoms. The van der Waals surface area contributed by atoms with E-state index in [1.807, 2.05) is 12.1 Å². The van der Waals surface area contributed by atoms with Gasteiger partial charge in [-0.2, -0.15) is 8.42 Å². The Morgan fingerprint density at radius 3 is 2.00 bits per heavy atom. The smallest absolute Gasteiger partial charge is 0.269 e. The van der Waals surface area contributed by atoms with Gasteiger partial charge in [0.15, 0.2) is 0 Å². The lowest BCUT2D eigenvalue weighted by Gasteiger charge is -2.32. The van der Waals surface area contributed by atoms with Gasteiger partial charge in [-0.25, -0.2) is 0 Å². The minimum Gasteiger partial charge on any atom is -0.457 e. The molecule has 36 heavy (non-hydrogen) atoms. The Labute approximate surface area is 220 Å². The molecule has 0 radical (unpaired) electrons. The molecule has 2 aromatic carbocycles. The van der Waals surface area contributed by atoms with E-state index in [-0.39, 0.29) is 18.3 Å². The number of ether oxygens (including phenoxy) is 1. The SMILES string of the molecule is Cl.O=C(CC1CCCCC1)NC1CCN(Cc2ccc(Oc3ccc(CS(=O)(=O)O)cc3)cc2)CC1. The molecule has 0 bridgehead atoms. The molecule has 2 aliphatic rings. The van der Waals surface area contributed by atoms with Crippen LogP contribution in [0.2, 0.25) is 0 Å². The summed E-state index contributed by atoms with van der Waals surface area (Å²) >= 11 is 0. The van der Waals surface area contributed by atoms with Crippen LogP contribution in [0, 0.1) is 5.92 Å². The maximum Gasteiger partial charge on any atom is 0.269 e. The molecule has 2 fully saturated rings. The first-order valence-electron chi connectivity index (χ1n) is 12.6. The van der Waals surface area contributed by atoms with Gasteiger partial charge < -0.3 is 10.1 Å². The molecular weight excluding hydrogens is 500 g/mol. The number of carbonyl (C=O) groups excluding carboxylic acids is 1. The Bertz CT molecular complexity index is 1060.